The molecule has 1 spiro atoms. The SMILES string of the molecule is Cc1ccc(-c2cccc3c2CC2(CC3)OCCO2)cc1. The van der Waals surface area contributed by atoms with E-state index in [1.807, 2.05) is 0 Å². The molecule has 0 saturated carbocycles. The standard InChI is InChI=1S/C19H20O2/c1-14-5-7-16(8-6-14)17-4-2-3-15-9-10-19(13-18(15)17)20-11-12-21-19/h2-8H,9-13H2,1H3. The summed E-state index contributed by atoms with van der Waals surface area (Å²) in [6, 6.07) is 15.4. The molecule has 1 fully saturated rings. The van der Waals surface area contributed by atoms with Gasteiger partial charge in [-0.15, -0.1) is 0 Å². The lowest BCUT2D eigenvalue weighted by molar-refractivity contribution is -0.163. The fourth-order valence-electron chi connectivity index (χ4n) is 3.51. The van der Waals surface area contributed by atoms with E-state index in [1.54, 1.807) is 0 Å². The molecule has 21 heavy (non-hydrogen) atoms. The van der Waals surface area contributed by atoms with Gasteiger partial charge in [0, 0.05) is 12.8 Å². The van der Waals surface area contributed by atoms with Crippen LogP contribution < -0.4 is 0 Å². The Bertz CT molecular complexity index is 652. The minimum atomic E-state index is -0.367. The minimum absolute atomic E-state index is 0.367. The molecule has 0 bridgehead atoms. The molecule has 0 radical (unpaired) electrons. The summed E-state index contributed by atoms with van der Waals surface area (Å²) < 4.78 is 11.9. The van der Waals surface area contributed by atoms with Crippen LogP contribution in [0.4, 0.5) is 0 Å². The molecule has 0 N–H and O–H groups in total. The number of rotatable bonds is 1. The van der Waals surface area contributed by atoms with Crippen molar-refractivity contribution in [1.29, 1.82) is 0 Å². The lowest BCUT2D eigenvalue weighted by Crippen LogP contribution is -2.37. The van der Waals surface area contributed by atoms with Gasteiger partial charge in [-0.05, 0) is 35.6 Å². The van der Waals surface area contributed by atoms with Gasteiger partial charge in [-0.2, -0.15) is 0 Å². The first-order valence-electron chi connectivity index (χ1n) is 7.72. The van der Waals surface area contributed by atoms with Crippen molar-refractivity contribution in [2.24, 2.45) is 0 Å². The Balaban J connectivity index is 1.78. The van der Waals surface area contributed by atoms with Gasteiger partial charge < -0.3 is 9.47 Å². The van der Waals surface area contributed by atoms with E-state index < -0.39 is 0 Å². The Morgan fingerprint density at radius 3 is 2.48 bits per heavy atom. The van der Waals surface area contributed by atoms with Gasteiger partial charge in [0.2, 0.25) is 0 Å². The van der Waals surface area contributed by atoms with Gasteiger partial charge in [-0.3, -0.25) is 0 Å². The molecule has 2 aromatic carbocycles. The summed E-state index contributed by atoms with van der Waals surface area (Å²) in [7, 11) is 0. The predicted molar refractivity (Wildman–Crippen MR) is 83.3 cm³/mol. The second-order valence-electron chi connectivity index (χ2n) is 6.09. The summed E-state index contributed by atoms with van der Waals surface area (Å²) in [4.78, 5) is 0. The van der Waals surface area contributed by atoms with Gasteiger partial charge in [0.15, 0.2) is 5.79 Å². The Kier molecular flexibility index (Phi) is 3.09. The van der Waals surface area contributed by atoms with Crippen molar-refractivity contribution in [3.05, 3.63) is 59.2 Å². The average Bonchev–Trinajstić information content (AvgIpc) is 2.96. The first kappa shape index (κ1) is 13.1. The van der Waals surface area contributed by atoms with Crippen molar-refractivity contribution in [1.82, 2.24) is 0 Å². The molecular formula is C19H20O2. The molecule has 0 atom stereocenters. The number of aryl methyl sites for hydroxylation is 2. The molecular weight excluding hydrogens is 260 g/mol. The van der Waals surface area contributed by atoms with Crippen LogP contribution in [-0.2, 0) is 22.3 Å². The molecule has 2 aliphatic rings. The van der Waals surface area contributed by atoms with Crippen molar-refractivity contribution in [2.75, 3.05) is 13.2 Å². The van der Waals surface area contributed by atoms with Crippen molar-refractivity contribution in [3.63, 3.8) is 0 Å². The van der Waals surface area contributed by atoms with Crippen LogP contribution in [0.1, 0.15) is 23.1 Å². The summed E-state index contributed by atoms with van der Waals surface area (Å²) in [5.74, 6) is -0.367. The summed E-state index contributed by atoms with van der Waals surface area (Å²) in [5.41, 5.74) is 6.74. The van der Waals surface area contributed by atoms with Crippen molar-refractivity contribution in [3.8, 4) is 11.1 Å². The Hall–Kier alpha value is -1.64. The number of fused-ring (bicyclic) bond motifs is 1. The highest BCUT2D eigenvalue weighted by atomic mass is 16.7. The molecule has 2 heteroatoms. The fraction of sp³-hybridized carbons (Fsp3) is 0.368. The van der Waals surface area contributed by atoms with Crippen LogP contribution in [0.15, 0.2) is 42.5 Å². The van der Waals surface area contributed by atoms with E-state index in [0.717, 1.165) is 32.5 Å². The van der Waals surface area contributed by atoms with Crippen molar-refractivity contribution in [2.45, 2.75) is 32.0 Å². The molecule has 2 aromatic rings. The Labute approximate surface area is 125 Å². The van der Waals surface area contributed by atoms with Gasteiger partial charge in [-0.1, -0.05) is 48.0 Å². The van der Waals surface area contributed by atoms with Crippen LogP contribution in [0, 0.1) is 6.92 Å². The zero-order valence-electron chi connectivity index (χ0n) is 12.4. The molecule has 2 nitrogen and oxygen atoms in total. The normalized spacial score (nSPS) is 19.7. The van der Waals surface area contributed by atoms with E-state index >= 15 is 0 Å². The van der Waals surface area contributed by atoms with E-state index in [4.69, 9.17) is 9.47 Å². The summed E-state index contributed by atoms with van der Waals surface area (Å²) in [6.07, 6.45) is 2.87. The maximum absolute atomic E-state index is 5.93. The highest BCUT2D eigenvalue weighted by molar-refractivity contribution is 5.69. The molecule has 108 valence electrons. The lowest BCUT2D eigenvalue weighted by Gasteiger charge is -2.34. The number of benzene rings is 2. The van der Waals surface area contributed by atoms with E-state index in [2.05, 4.69) is 49.4 Å². The minimum Gasteiger partial charge on any atom is -0.347 e. The first-order valence-corrected chi connectivity index (χ1v) is 7.72. The molecule has 4 rings (SSSR count). The van der Waals surface area contributed by atoms with Gasteiger partial charge in [0.25, 0.3) is 0 Å². The summed E-state index contributed by atoms with van der Waals surface area (Å²) in [6.45, 7) is 3.57. The van der Waals surface area contributed by atoms with E-state index in [9.17, 15) is 0 Å². The quantitative estimate of drug-likeness (QED) is 0.789. The predicted octanol–water partition coefficient (Wildman–Crippen LogP) is 3.89. The molecule has 1 aliphatic heterocycles. The molecule has 1 heterocycles. The molecule has 1 aliphatic carbocycles. The first-order chi connectivity index (χ1) is 10.3. The number of ether oxygens (including phenoxy) is 2. The van der Waals surface area contributed by atoms with Gasteiger partial charge in [0.05, 0.1) is 13.2 Å². The van der Waals surface area contributed by atoms with Crippen LogP contribution >= 0.6 is 0 Å². The van der Waals surface area contributed by atoms with Gasteiger partial charge in [-0.25, -0.2) is 0 Å². The van der Waals surface area contributed by atoms with Crippen molar-refractivity contribution < 1.29 is 9.47 Å². The van der Waals surface area contributed by atoms with E-state index in [1.165, 1.54) is 27.8 Å². The maximum Gasteiger partial charge on any atom is 0.172 e. The van der Waals surface area contributed by atoms with E-state index in [-0.39, 0.29) is 5.79 Å². The lowest BCUT2D eigenvalue weighted by atomic mass is 9.82. The maximum atomic E-state index is 5.93. The second kappa shape index (κ2) is 4.97. The third-order valence-corrected chi connectivity index (χ3v) is 4.67. The highest BCUT2D eigenvalue weighted by Crippen LogP contribution is 2.39. The summed E-state index contributed by atoms with van der Waals surface area (Å²) >= 11 is 0. The zero-order valence-corrected chi connectivity index (χ0v) is 12.4. The van der Waals surface area contributed by atoms with Crippen LogP contribution in [0.2, 0.25) is 0 Å². The van der Waals surface area contributed by atoms with E-state index in [0.29, 0.717) is 0 Å². The Morgan fingerprint density at radius 2 is 1.71 bits per heavy atom. The average molecular weight is 280 g/mol. The van der Waals surface area contributed by atoms with Crippen LogP contribution in [-0.4, -0.2) is 19.0 Å². The number of hydrogen-bond donors (Lipinski definition) is 0. The molecule has 0 unspecified atom stereocenters. The topological polar surface area (TPSA) is 18.5 Å². The van der Waals surface area contributed by atoms with Crippen LogP contribution in [0.25, 0.3) is 11.1 Å². The highest BCUT2D eigenvalue weighted by Gasteiger charge is 2.40. The summed E-state index contributed by atoms with van der Waals surface area (Å²) in [5, 5.41) is 0. The van der Waals surface area contributed by atoms with Gasteiger partial charge in [0.1, 0.15) is 0 Å². The third-order valence-electron chi connectivity index (χ3n) is 4.67. The second-order valence-corrected chi connectivity index (χ2v) is 6.09. The number of hydrogen-bond acceptors (Lipinski definition) is 2. The Morgan fingerprint density at radius 1 is 0.952 bits per heavy atom. The third kappa shape index (κ3) is 2.29. The molecule has 0 amide bonds. The monoisotopic (exact) mass is 280 g/mol. The van der Waals surface area contributed by atoms with Crippen molar-refractivity contribution >= 4 is 0 Å². The smallest absolute Gasteiger partial charge is 0.172 e. The van der Waals surface area contributed by atoms with Gasteiger partial charge >= 0.3 is 0 Å². The zero-order chi connectivity index (χ0) is 14.3. The van der Waals surface area contributed by atoms with Crippen LogP contribution in [0.5, 0.6) is 0 Å². The molecule has 0 aromatic heterocycles. The fourth-order valence-corrected chi connectivity index (χ4v) is 3.51. The largest absolute Gasteiger partial charge is 0.347 e. The van der Waals surface area contributed by atoms with Crippen LogP contribution in [0.3, 0.4) is 0 Å². The molecule has 1 saturated heterocycles.